The molecule has 0 amide bonds. The molecule has 0 aliphatic rings. The van der Waals surface area contributed by atoms with E-state index in [0.717, 1.165) is 11.3 Å². The molecule has 0 aliphatic heterocycles. The van der Waals surface area contributed by atoms with Gasteiger partial charge in [0.25, 0.3) is 6.43 Å². The molecule has 1 aromatic carbocycles. The molecule has 0 atom stereocenters. The highest BCUT2D eigenvalue weighted by molar-refractivity contribution is 7.21. The van der Waals surface area contributed by atoms with E-state index in [0.29, 0.717) is 15.2 Å². The van der Waals surface area contributed by atoms with Crippen LogP contribution in [0.25, 0.3) is 10.2 Å². The molecule has 3 nitrogen and oxygen atoms in total. The maximum Gasteiger partial charge on any atom is 0.296 e. The normalized spacial score (nSPS) is 11.1. The lowest BCUT2D eigenvalue weighted by Gasteiger charge is -1.95. The SMILES string of the molecule is O=C(CC(=O)C(F)F)c1nc2cccc(Cl)c2s1. The van der Waals surface area contributed by atoms with E-state index in [1.807, 2.05) is 0 Å². The molecule has 0 spiro atoms. The van der Waals surface area contributed by atoms with Gasteiger partial charge in [0.2, 0.25) is 5.78 Å². The number of fused-ring (bicyclic) bond motifs is 1. The third-order valence-electron chi connectivity index (χ3n) is 2.18. The van der Waals surface area contributed by atoms with Crippen molar-refractivity contribution in [1.82, 2.24) is 4.98 Å². The van der Waals surface area contributed by atoms with Crippen molar-refractivity contribution in [2.75, 3.05) is 0 Å². The summed E-state index contributed by atoms with van der Waals surface area (Å²) in [6, 6.07) is 4.97. The van der Waals surface area contributed by atoms with Crippen molar-refractivity contribution in [3.63, 3.8) is 0 Å². The zero-order valence-corrected chi connectivity index (χ0v) is 10.4. The lowest BCUT2D eigenvalue weighted by atomic mass is 10.2. The van der Waals surface area contributed by atoms with Gasteiger partial charge in [0.05, 0.1) is 21.7 Å². The number of alkyl halides is 2. The highest BCUT2D eigenvalue weighted by atomic mass is 35.5. The Kier molecular flexibility index (Phi) is 3.68. The highest BCUT2D eigenvalue weighted by Crippen LogP contribution is 2.29. The summed E-state index contributed by atoms with van der Waals surface area (Å²) in [7, 11) is 0. The van der Waals surface area contributed by atoms with E-state index in [9.17, 15) is 18.4 Å². The van der Waals surface area contributed by atoms with Gasteiger partial charge >= 0.3 is 0 Å². The first-order valence-corrected chi connectivity index (χ1v) is 6.07. The highest BCUT2D eigenvalue weighted by Gasteiger charge is 2.22. The number of hydrogen-bond acceptors (Lipinski definition) is 4. The van der Waals surface area contributed by atoms with E-state index in [1.54, 1.807) is 18.2 Å². The number of hydrogen-bond donors (Lipinski definition) is 0. The fourth-order valence-electron chi connectivity index (χ4n) is 1.35. The molecule has 94 valence electrons. The molecule has 2 aromatic rings. The van der Waals surface area contributed by atoms with Crippen LogP contribution in [0.2, 0.25) is 5.02 Å². The molecule has 18 heavy (non-hydrogen) atoms. The third kappa shape index (κ3) is 2.54. The third-order valence-corrected chi connectivity index (χ3v) is 3.76. The minimum absolute atomic E-state index is 0.0205. The van der Waals surface area contributed by atoms with Gasteiger partial charge < -0.3 is 0 Å². The second kappa shape index (κ2) is 5.07. The van der Waals surface area contributed by atoms with Gasteiger partial charge in [0.1, 0.15) is 0 Å². The van der Waals surface area contributed by atoms with Crippen LogP contribution in [0.1, 0.15) is 16.2 Å². The van der Waals surface area contributed by atoms with E-state index in [-0.39, 0.29) is 5.01 Å². The molecule has 0 N–H and O–H groups in total. The van der Waals surface area contributed by atoms with Gasteiger partial charge in [-0.25, -0.2) is 13.8 Å². The first kappa shape index (κ1) is 13.0. The van der Waals surface area contributed by atoms with Crippen LogP contribution in [0.4, 0.5) is 8.78 Å². The number of nitrogens with zero attached hydrogens (tertiary/aromatic N) is 1. The number of Topliss-reactive ketones (excluding diaryl/α,β-unsaturated/α-hetero) is 2. The largest absolute Gasteiger partial charge is 0.296 e. The van der Waals surface area contributed by atoms with Crippen molar-refractivity contribution in [1.29, 1.82) is 0 Å². The van der Waals surface area contributed by atoms with Crippen molar-refractivity contribution >= 4 is 44.7 Å². The summed E-state index contributed by atoms with van der Waals surface area (Å²) in [6.07, 6.45) is -3.97. The quantitative estimate of drug-likeness (QED) is 0.640. The Labute approximate surface area is 109 Å². The molecule has 0 fully saturated rings. The maximum atomic E-state index is 12.0. The van der Waals surface area contributed by atoms with Gasteiger partial charge in [-0.3, -0.25) is 9.59 Å². The molecule has 0 saturated carbocycles. The van der Waals surface area contributed by atoms with Crippen LogP contribution < -0.4 is 0 Å². The van der Waals surface area contributed by atoms with Gasteiger partial charge in [-0.05, 0) is 12.1 Å². The zero-order valence-electron chi connectivity index (χ0n) is 8.82. The minimum atomic E-state index is -3.13. The summed E-state index contributed by atoms with van der Waals surface area (Å²) in [4.78, 5) is 26.4. The van der Waals surface area contributed by atoms with Crippen LogP contribution in [0.5, 0.6) is 0 Å². The second-order valence-corrected chi connectivity index (χ2v) is 4.88. The van der Waals surface area contributed by atoms with E-state index in [4.69, 9.17) is 11.6 Å². The predicted molar refractivity (Wildman–Crippen MR) is 64.6 cm³/mol. The average molecular weight is 290 g/mol. The Hall–Kier alpha value is -1.40. The summed E-state index contributed by atoms with van der Waals surface area (Å²) < 4.78 is 24.7. The number of ketones is 2. The smallest absolute Gasteiger partial charge is 0.293 e. The molecule has 1 heterocycles. The molecular formula is C11H6ClF2NO2S. The fraction of sp³-hybridized carbons (Fsp3) is 0.182. The number of halogens is 3. The first-order valence-electron chi connectivity index (χ1n) is 4.88. The number of carbonyl (C=O) groups excluding carboxylic acids is 2. The van der Waals surface area contributed by atoms with Crippen molar-refractivity contribution < 1.29 is 18.4 Å². The monoisotopic (exact) mass is 289 g/mol. The molecule has 7 heteroatoms. The van der Waals surface area contributed by atoms with Crippen molar-refractivity contribution in [2.24, 2.45) is 0 Å². The molecule has 0 bridgehead atoms. The summed E-state index contributed by atoms with van der Waals surface area (Å²) in [5.74, 6) is -2.11. The van der Waals surface area contributed by atoms with Crippen LogP contribution in [-0.2, 0) is 4.79 Å². The molecule has 0 aliphatic carbocycles. The first-order chi connectivity index (χ1) is 8.49. The zero-order chi connectivity index (χ0) is 13.3. The second-order valence-electron chi connectivity index (χ2n) is 3.47. The molecule has 0 radical (unpaired) electrons. The summed E-state index contributed by atoms with van der Waals surface area (Å²) >= 11 is 6.90. The molecule has 0 unspecified atom stereocenters. The Bertz CT molecular complexity index is 627. The lowest BCUT2D eigenvalue weighted by molar-refractivity contribution is -0.128. The number of rotatable bonds is 4. The van der Waals surface area contributed by atoms with Crippen LogP contribution in [0.3, 0.4) is 0 Å². The van der Waals surface area contributed by atoms with Crippen LogP contribution in [0, 0.1) is 0 Å². The van der Waals surface area contributed by atoms with E-state index >= 15 is 0 Å². The molecule has 1 aromatic heterocycles. The van der Waals surface area contributed by atoms with E-state index in [1.165, 1.54) is 0 Å². The van der Waals surface area contributed by atoms with E-state index in [2.05, 4.69) is 4.98 Å². The maximum absolute atomic E-state index is 12.0. The van der Waals surface area contributed by atoms with Crippen molar-refractivity contribution in [2.45, 2.75) is 12.8 Å². The van der Waals surface area contributed by atoms with Crippen molar-refractivity contribution in [3.8, 4) is 0 Å². The number of thiazole rings is 1. The standard InChI is InChI=1S/C11H6ClF2NO2S/c12-5-2-1-3-6-9(5)18-11(15-6)8(17)4-7(16)10(13)14/h1-3,10H,4H2. The number of benzene rings is 1. The van der Waals surface area contributed by atoms with Gasteiger partial charge in [-0.15, -0.1) is 11.3 Å². The molecule has 2 rings (SSSR count). The van der Waals surface area contributed by atoms with E-state index < -0.39 is 24.4 Å². The Balaban J connectivity index is 2.29. The fourth-order valence-corrected chi connectivity index (χ4v) is 2.54. The summed E-state index contributed by atoms with van der Waals surface area (Å²) in [6.45, 7) is 0. The van der Waals surface area contributed by atoms with Gasteiger partial charge in [0.15, 0.2) is 10.8 Å². The van der Waals surface area contributed by atoms with Gasteiger partial charge in [0, 0.05) is 0 Å². The topological polar surface area (TPSA) is 47.0 Å². The van der Waals surface area contributed by atoms with Crippen LogP contribution in [-0.4, -0.2) is 23.0 Å². The lowest BCUT2D eigenvalue weighted by Crippen LogP contribution is -2.15. The molecular weight excluding hydrogens is 284 g/mol. The summed E-state index contributed by atoms with van der Waals surface area (Å²) in [5, 5.41) is 0.455. The predicted octanol–water partition coefficient (Wildman–Crippen LogP) is 3.36. The van der Waals surface area contributed by atoms with Crippen LogP contribution >= 0.6 is 22.9 Å². The Morgan fingerprint density at radius 2 is 2.11 bits per heavy atom. The van der Waals surface area contributed by atoms with Crippen molar-refractivity contribution in [3.05, 3.63) is 28.2 Å². The number of carbonyl (C=O) groups is 2. The minimum Gasteiger partial charge on any atom is -0.293 e. The van der Waals surface area contributed by atoms with Crippen LogP contribution in [0.15, 0.2) is 18.2 Å². The van der Waals surface area contributed by atoms with Gasteiger partial charge in [-0.1, -0.05) is 17.7 Å². The number of aromatic nitrogens is 1. The molecule has 0 saturated heterocycles. The Morgan fingerprint density at radius 1 is 1.39 bits per heavy atom. The summed E-state index contributed by atoms with van der Waals surface area (Å²) in [5.41, 5.74) is 0.514. The van der Waals surface area contributed by atoms with Gasteiger partial charge in [-0.2, -0.15) is 0 Å². The Morgan fingerprint density at radius 3 is 2.72 bits per heavy atom. The average Bonchev–Trinajstić information content (AvgIpc) is 2.74.